The van der Waals surface area contributed by atoms with Gasteiger partial charge in [-0.1, -0.05) is 36.4 Å². The van der Waals surface area contributed by atoms with Gasteiger partial charge in [0.25, 0.3) is 0 Å². The highest BCUT2D eigenvalue weighted by molar-refractivity contribution is 5.72. The van der Waals surface area contributed by atoms with Gasteiger partial charge in [0, 0.05) is 36.3 Å². The van der Waals surface area contributed by atoms with Gasteiger partial charge in [0.2, 0.25) is 23.5 Å². The number of aromatic nitrogens is 2. The third kappa shape index (κ3) is 9.42. The molecule has 3 N–H and O–H groups in total. The Morgan fingerprint density at radius 3 is 1.70 bits per heavy atom. The first-order valence-electron chi connectivity index (χ1n) is 15.8. The van der Waals surface area contributed by atoms with Crippen molar-refractivity contribution in [2.45, 2.75) is 78.9 Å². The zero-order valence-electron chi connectivity index (χ0n) is 27.8. The van der Waals surface area contributed by atoms with Crippen LogP contribution in [0.3, 0.4) is 0 Å². The van der Waals surface area contributed by atoms with Crippen molar-refractivity contribution in [1.29, 1.82) is 0 Å². The molecule has 4 rings (SSSR count). The van der Waals surface area contributed by atoms with E-state index in [4.69, 9.17) is 18.9 Å². The van der Waals surface area contributed by atoms with Crippen LogP contribution < -0.4 is 24.3 Å². The van der Waals surface area contributed by atoms with Crippen LogP contribution in [0.5, 0.6) is 23.5 Å². The number of aliphatic hydroxyl groups is 2. The summed E-state index contributed by atoms with van der Waals surface area (Å²) in [6.45, 7) is 9.52. The monoisotopic (exact) mass is 629 g/mol. The Balaban J connectivity index is 1.44. The number of nitrogens with zero attached hydrogens (tertiary/aromatic N) is 2. The average Bonchev–Trinajstić information content (AvgIpc) is 3.04. The number of methoxy groups -OCH3 is 2. The van der Waals surface area contributed by atoms with Crippen molar-refractivity contribution < 1.29 is 29.2 Å². The molecule has 246 valence electrons. The van der Waals surface area contributed by atoms with Crippen molar-refractivity contribution in [2.24, 2.45) is 0 Å². The van der Waals surface area contributed by atoms with Gasteiger partial charge in [-0.15, -0.1) is 0 Å². The van der Waals surface area contributed by atoms with Crippen LogP contribution in [0.15, 0.2) is 60.7 Å². The van der Waals surface area contributed by atoms with Gasteiger partial charge in [-0.3, -0.25) is 0 Å². The number of aryl methyl sites for hydroxylation is 1. The molecule has 2 aromatic carbocycles. The first-order valence-corrected chi connectivity index (χ1v) is 15.8. The molecule has 0 aliphatic rings. The summed E-state index contributed by atoms with van der Waals surface area (Å²) < 4.78 is 23.2. The van der Waals surface area contributed by atoms with E-state index >= 15 is 0 Å². The molecule has 9 nitrogen and oxygen atoms in total. The zero-order valence-corrected chi connectivity index (χ0v) is 27.8. The number of benzene rings is 2. The van der Waals surface area contributed by atoms with Crippen molar-refractivity contribution in [2.75, 3.05) is 20.8 Å². The van der Waals surface area contributed by atoms with E-state index in [1.165, 1.54) is 0 Å². The van der Waals surface area contributed by atoms with Crippen LogP contribution in [-0.4, -0.2) is 53.2 Å². The molecular formula is C37H47N3O6. The Hall–Kier alpha value is -4.18. The highest BCUT2D eigenvalue weighted by Crippen LogP contribution is 2.32. The summed E-state index contributed by atoms with van der Waals surface area (Å²) in [6, 6.07) is 20.1. The van der Waals surface area contributed by atoms with Crippen LogP contribution in [0.4, 0.5) is 0 Å². The van der Waals surface area contributed by atoms with Crippen LogP contribution in [-0.2, 0) is 26.2 Å². The SMILES string of the molecule is COc1nc(OCc2cccc(-c3cccc(COc4ccc(CNC[C@@H](C)O)c(OC)n4)c3C)c2C)ccc1CCC[C@@H](C)O. The van der Waals surface area contributed by atoms with Crippen LogP contribution in [0.1, 0.15) is 60.1 Å². The molecule has 0 saturated carbocycles. The molecule has 0 unspecified atom stereocenters. The summed E-state index contributed by atoms with van der Waals surface area (Å²) in [5.41, 5.74) is 8.56. The molecule has 46 heavy (non-hydrogen) atoms. The fourth-order valence-electron chi connectivity index (χ4n) is 5.31. The Kier molecular flexibility index (Phi) is 12.8. The molecule has 0 aliphatic carbocycles. The zero-order chi connectivity index (χ0) is 33.1. The Morgan fingerprint density at radius 2 is 1.20 bits per heavy atom. The molecule has 2 heterocycles. The van der Waals surface area contributed by atoms with Crippen molar-refractivity contribution in [3.05, 3.63) is 94.0 Å². The van der Waals surface area contributed by atoms with Gasteiger partial charge in [-0.05, 0) is 92.5 Å². The fraction of sp³-hybridized carbons (Fsp3) is 0.405. The maximum atomic E-state index is 9.56. The molecule has 0 spiro atoms. The fourth-order valence-corrected chi connectivity index (χ4v) is 5.31. The van der Waals surface area contributed by atoms with Gasteiger partial charge in [-0.25, -0.2) is 0 Å². The van der Waals surface area contributed by atoms with Gasteiger partial charge in [0.15, 0.2) is 0 Å². The number of rotatable bonds is 17. The predicted molar refractivity (Wildman–Crippen MR) is 180 cm³/mol. The Labute approximate surface area is 272 Å². The van der Waals surface area contributed by atoms with Gasteiger partial charge < -0.3 is 34.5 Å². The molecule has 2 atom stereocenters. The Morgan fingerprint density at radius 1 is 0.674 bits per heavy atom. The van der Waals surface area contributed by atoms with E-state index in [0.29, 0.717) is 49.8 Å². The normalized spacial score (nSPS) is 12.4. The highest BCUT2D eigenvalue weighted by Gasteiger charge is 2.14. The minimum Gasteiger partial charge on any atom is -0.481 e. The standard InChI is InChI=1S/C37H47N3O6/c1-24(41)10-7-11-28-16-18-34(39-36(28)43-5)45-22-30-12-8-14-32(26(30)3)33-15-9-13-31(27(33)4)23-46-35-19-17-29(37(40-35)44-6)21-38-20-25(2)42/h8-9,12-19,24-25,38,41-42H,7,10-11,20-23H2,1-6H3/t24-,25-/m1/s1. The van der Waals surface area contributed by atoms with E-state index in [-0.39, 0.29) is 6.10 Å². The van der Waals surface area contributed by atoms with E-state index in [1.807, 2.05) is 30.3 Å². The van der Waals surface area contributed by atoms with Crippen molar-refractivity contribution >= 4 is 0 Å². The van der Waals surface area contributed by atoms with Gasteiger partial charge in [0.1, 0.15) is 13.2 Å². The summed E-state index contributed by atoms with van der Waals surface area (Å²) in [4.78, 5) is 9.11. The summed E-state index contributed by atoms with van der Waals surface area (Å²) >= 11 is 0. The molecule has 2 aromatic heterocycles. The first kappa shape index (κ1) is 34.7. The summed E-state index contributed by atoms with van der Waals surface area (Å²) in [6.07, 6.45) is 1.63. The molecular weight excluding hydrogens is 582 g/mol. The molecule has 0 amide bonds. The molecule has 0 saturated heterocycles. The quantitative estimate of drug-likeness (QED) is 0.127. The van der Waals surface area contributed by atoms with Crippen molar-refractivity contribution in [1.82, 2.24) is 15.3 Å². The van der Waals surface area contributed by atoms with Crippen LogP contribution in [0.2, 0.25) is 0 Å². The van der Waals surface area contributed by atoms with Crippen LogP contribution in [0.25, 0.3) is 11.1 Å². The second-order valence-corrected chi connectivity index (χ2v) is 11.6. The number of hydrogen-bond acceptors (Lipinski definition) is 9. The smallest absolute Gasteiger partial charge is 0.220 e. The number of pyridine rings is 2. The molecule has 9 heteroatoms. The number of ether oxygens (including phenoxy) is 4. The molecule has 4 aromatic rings. The van der Waals surface area contributed by atoms with Gasteiger partial charge >= 0.3 is 0 Å². The maximum Gasteiger partial charge on any atom is 0.220 e. The lowest BCUT2D eigenvalue weighted by Crippen LogP contribution is -2.24. The molecule has 0 fully saturated rings. The van der Waals surface area contributed by atoms with Crippen molar-refractivity contribution in [3.63, 3.8) is 0 Å². The molecule has 0 bridgehead atoms. The molecule has 0 radical (unpaired) electrons. The highest BCUT2D eigenvalue weighted by atomic mass is 16.5. The third-order valence-corrected chi connectivity index (χ3v) is 7.97. The van der Waals surface area contributed by atoms with Gasteiger partial charge in [0.05, 0.1) is 26.4 Å². The lowest BCUT2D eigenvalue weighted by Gasteiger charge is -2.17. The van der Waals surface area contributed by atoms with Crippen LogP contribution >= 0.6 is 0 Å². The largest absolute Gasteiger partial charge is 0.481 e. The third-order valence-electron chi connectivity index (χ3n) is 7.97. The number of nitrogens with one attached hydrogen (secondary N) is 1. The average molecular weight is 630 g/mol. The second-order valence-electron chi connectivity index (χ2n) is 11.6. The second kappa shape index (κ2) is 16.9. The predicted octanol–water partition coefficient (Wildman–Crippen LogP) is 6.11. The minimum absolute atomic E-state index is 0.318. The number of hydrogen-bond donors (Lipinski definition) is 3. The molecule has 0 aliphatic heterocycles. The summed E-state index contributed by atoms with van der Waals surface area (Å²) in [5.74, 6) is 2.03. The first-order chi connectivity index (χ1) is 22.2. The van der Waals surface area contributed by atoms with Crippen LogP contribution in [0, 0.1) is 13.8 Å². The van der Waals surface area contributed by atoms with E-state index in [1.54, 1.807) is 28.1 Å². The summed E-state index contributed by atoms with van der Waals surface area (Å²) in [5, 5.41) is 22.2. The van der Waals surface area contributed by atoms with E-state index in [2.05, 4.69) is 59.5 Å². The number of aliphatic hydroxyl groups excluding tert-OH is 2. The maximum absolute atomic E-state index is 9.56. The van der Waals surface area contributed by atoms with E-state index in [9.17, 15) is 10.2 Å². The van der Waals surface area contributed by atoms with E-state index < -0.39 is 6.10 Å². The van der Waals surface area contributed by atoms with E-state index in [0.717, 1.165) is 63.8 Å². The Bertz CT molecular complexity index is 1460. The summed E-state index contributed by atoms with van der Waals surface area (Å²) in [7, 11) is 3.20. The lowest BCUT2D eigenvalue weighted by atomic mass is 9.92. The van der Waals surface area contributed by atoms with Crippen molar-refractivity contribution in [3.8, 4) is 34.6 Å². The minimum atomic E-state index is -0.428. The lowest BCUT2D eigenvalue weighted by molar-refractivity contribution is 0.181. The topological polar surface area (TPSA) is 115 Å². The van der Waals surface area contributed by atoms with Gasteiger partial charge in [-0.2, -0.15) is 9.97 Å².